The molecule has 0 aromatic heterocycles. The van der Waals surface area contributed by atoms with Crippen molar-refractivity contribution in [3.63, 3.8) is 0 Å². The van der Waals surface area contributed by atoms with Gasteiger partial charge in [-0.15, -0.1) is 0 Å². The van der Waals surface area contributed by atoms with Crippen LogP contribution in [-0.2, 0) is 9.47 Å². The Bertz CT molecular complexity index is 437. The molecule has 0 radical (unpaired) electrons. The summed E-state index contributed by atoms with van der Waals surface area (Å²) >= 11 is 0. The van der Waals surface area contributed by atoms with E-state index in [-0.39, 0.29) is 11.8 Å². The van der Waals surface area contributed by atoms with Crippen molar-refractivity contribution >= 4 is 5.71 Å². The van der Waals surface area contributed by atoms with Crippen LogP contribution < -0.4 is 0 Å². The summed E-state index contributed by atoms with van der Waals surface area (Å²) in [6.07, 6.45) is 3.90. The van der Waals surface area contributed by atoms with Crippen LogP contribution in [0.3, 0.4) is 0 Å². The standard InChI is InChI=1S/C16H21NO2/c1-13(14-5-3-2-4-6-14)17-15-7-9-16(10-8-15)18-11-12-19-16/h2-6,13H,7-12H2,1H3/t13-/m1/s1. The van der Waals surface area contributed by atoms with Gasteiger partial charge in [0.05, 0.1) is 19.3 Å². The third-order valence-corrected chi connectivity index (χ3v) is 4.06. The van der Waals surface area contributed by atoms with Crippen LogP contribution in [0.2, 0.25) is 0 Å². The molecule has 1 aliphatic carbocycles. The van der Waals surface area contributed by atoms with Gasteiger partial charge >= 0.3 is 0 Å². The SMILES string of the molecule is C[C@@H](N=C1CCC2(CC1)OCCO2)c1ccccc1. The van der Waals surface area contributed by atoms with Gasteiger partial charge < -0.3 is 9.47 Å². The summed E-state index contributed by atoms with van der Waals surface area (Å²) in [6, 6.07) is 10.7. The van der Waals surface area contributed by atoms with Crippen molar-refractivity contribution in [2.75, 3.05) is 13.2 Å². The van der Waals surface area contributed by atoms with Gasteiger partial charge in [-0.2, -0.15) is 0 Å². The average molecular weight is 259 g/mol. The lowest BCUT2D eigenvalue weighted by molar-refractivity contribution is -0.167. The minimum atomic E-state index is -0.283. The zero-order valence-corrected chi connectivity index (χ0v) is 11.5. The van der Waals surface area contributed by atoms with E-state index in [0.717, 1.165) is 38.9 Å². The van der Waals surface area contributed by atoms with Crippen LogP contribution >= 0.6 is 0 Å². The molecule has 1 aliphatic heterocycles. The van der Waals surface area contributed by atoms with Crippen LogP contribution in [-0.4, -0.2) is 24.7 Å². The van der Waals surface area contributed by atoms with Gasteiger partial charge in [-0.3, -0.25) is 4.99 Å². The molecule has 1 aromatic rings. The van der Waals surface area contributed by atoms with Crippen LogP contribution in [0.15, 0.2) is 35.3 Å². The van der Waals surface area contributed by atoms with Gasteiger partial charge in [0, 0.05) is 18.6 Å². The Morgan fingerprint density at radius 2 is 1.68 bits per heavy atom. The third kappa shape index (κ3) is 2.88. The molecule has 0 bridgehead atoms. The van der Waals surface area contributed by atoms with Crippen LogP contribution in [0.25, 0.3) is 0 Å². The molecule has 0 N–H and O–H groups in total. The molecule has 1 heterocycles. The summed E-state index contributed by atoms with van der Waals surface area (Å²) in [5.74, 6) is -0.283. The number of hydrogen-bond acceptors (Lipinski definition) is 3. The van der Waals surface area contributed by atoms with Crippen LogP contribution in [0.5, 0.6) is 0 Å². The van der Waals surface area contributed by atoms with E-state index >= 15 is 0 Å². The maximum atomic E-state index is 5.74. The molecule has 2 aliphatic rings. The first-order valence-corrected chi connectivity index (χ1v) is 7.16. The van der Waals surface area contributed by atoms with Crippen molar-refractivity contribution in [3.8, 4) is 0 Å². The maximum absolute atomic E-state index is 5.74. The van der Waals surface area contributed by atoms with E-state index in [1.54, 1.807) is 0 Å². The number of benzene rings is 1. The predicted molar refractivity (Wildman–Crippen MR) is 75.4 cm³/mol. The van der Waals surface area contributed by atoms with Crippen molar-refractivity contribution in [1.29, 1.82) is 0 Å². The molecule has 102 valence electrons. The summed E-state index contributed by atoms with van der Waals surface area (Å²) in [5, 5.41) is 0. The van der Waals surface area contributed by atoms with Gasteiger partial charge in [0.25, 0.3) is 0 Å². The predicted octanol–water partition coefficient (Wildman–Crippen LogP) is 3.51. The second-order valence-corrected chi connectivity index (χ2v) is 5.39. The Labute approximate surface area is 114 Å². The van der Waals surface area contributed by atoms with Crippen molar-refractivity contribution in [2.45, 2.75) is 44.4 Å². The summed E-state index contributed by atoms with van der Waals surface area (Å²) < 4.78 is 11.5. The first kappa shape index (κ1) is 12.8. The van der Waals surface area contributed by atoms with Gasteiger partial charge in [-0.05, 0) is 25.3 Å². The maximum Gasteiger partial charge on any atom is 0.169 e. The Kier molecular flexibility index (Phi) is 3.67. The topological polar surface area (TPSA) is 30.8 Å². The molecular weight excluding hydrogens is 238 g/mol. The highest BCUT2D eigenvalue weighted by molar-refractivity contribution is 5.85. The van der Waals surface area contributed by atoms with Gasteiger partial charge in [-0.25, -0.2) is 0 Å². The van der Waals surface area contributed by atoms with Crippen LogP contribution in [0, 0.1) is 0 Å². The third-order valence-electron chi connectivity index (χ3n) is 4.06. The van der Waals surface area contributed by atoms with E-state index in [1.165, 1.54) is 11.3 Å². The van der Waals surface area contributed by atoms with Crippen molar-refractivity contribution < 1.29 is 9.47 Å². The molecule has 1 saturated carbocycles. The van der Waals surface area contributed by atoms with Crippen molar-refractivity contribution in [2.24, 2.45) is 4.99 Å². The number of nitrogens with zero attached hydrogens (tertiary/aromatic N) is 1. The Hall–Kier alpha value is -1.19. The second kappa shape index (κ2) is 5.43. The zero-order valence-electron chi connectivity index (χ0n) is 11.5. The van der Waals surface area contributed by atoms with Crippen LogP contribution in [0.1, 0.15) is 44.2 Å². The summed E-state index contributed by atoms with van der Waals surface area (Å²) in [6.45, 7) is 3.65. The molecule has 3 nitrogen and oxygen atoms in total. The Balaban J connectivity index is 1.63. The molecule has 1 spiro atoms. The first-order valence-electron chi connectivity index (χ1n) is 7.16. The summed E-state index contributed by atoms with van der Waals surface area (Å²) in [5.41, 5.74) is 2.59. The molecule has 2 fully saturated rings. The van der Waals surface area contributed by atoms with E-state index < -0.39 is 0 Å². The smallest absolute Gasteiger partial charge is 0.169 e. The van der Waals surface area contributed by atoms with E-state index in [9.17, 15) is 0 Å². The van der Waals surface area contributed by atoms with Gasteiger partial charge in [-0.1, -0.05) is 30.3 Å². The van der Waals surface area contributed by atoms with Gasteiger partial charge in [0.15, 0.2) is 5.79 Å². The molecule has 1 saturated heterocycles. The fraction of sp³-hybridized carbons (Fsp3) is 0.562. The molecule has 0 unspecified atom stereocenters. The molecule has 0 amide bonds. The molecule has 3 heteroatoms. The van der Waals surface area contributed by atoms with Gasteiger partial charge in [0.2, 0.25) is 0 Å². The first-order chi connectivity index (χ1) is 9.27. The average Bonchev–Trinajstić information content (AvgIpc) is 2.91. The molecule has 1 atom stereocenters. The van der Waals surface area contributed by atoms with E-state index in [2.05, 4.69) is 31.2 Å². The second-order valence-electron chi connectivity index (χ2n) is 5.39. The largest absolute Gasteiger partial charge is 0.348 e. The fourth-order valence-corrected chi connectivity index (χ4v) is 2.91. The Morgan fingerprint density at radius 1 is 1.05 bits per heavy atom. The summed E-state index contributed by atoms with van der Waals surface area (Å²) in [7, 11) is 0. The zero-order chi connectivity index (χ0) is 13.1. The molecule has 1 aromatic carbocycles. The molecular formula is C16H21NO2. The normalized spacial score (nSPS) is 23.5. The lowest BCUT2D eigenvalue weighted by atomic mass is 9.92. The fourth-order valence-electron chi connectivity index (χ4n) is 2.91. The molecule has 3 rings (SSSR count). The highest BCUT2D eigenvalue weighted by atomic mass is 16.7. The van der Waals surface area contributed by atoms with Crippen molar-refractivity contribution in [1.82, 2.24) is 0 Å². The molecule has 19 heavy (non-hydrogen) atoms. The van der Waals surface area contributed by atoms with Crippen molar-refractivity contribution in [3.05, 3.63) is 35.9 Å². The van der Waals surface area contributed by atoms with Crippen LogP contribution in [0.4, 0.5) is 0 Å². The lowest BCUT2D eigenvalue weighted by Crippen LogP contribution is -2.35. The highest BCUT2D eigenvalue weighted by Crippen LogP contribution is 2.35. The van der Waals surface area contributed by atoms with E-state index in [0.29, 0.717) is 0 Å². The minimum Gasteiger partial charge on any atom is -0.348 e. The minimum absolute atomic E-state index is 0.246. The quantitative estimate of drug-likeness (QED) is 0.813. The lowest BCUT2D eigenvalue weighted by Gasteiger charge is -2.32. The highest BCUT2D eigenvalue weighted by Gasteiger charge is 2.39. The van der Waals surface area contributed by atoms with E-state index in [1.807, 2.05) is 6.07 Å². The monoisotopic (exact) mass is 259 g/mol. The summed E-state index contributed by atoms with van der Waals surface area (Å²) in [4.78, 5) is 4.87. The number of hydrogen-bond donors (Lipinski definition) is 0. The van der Waals surface area contributed by atoms with E-state index in [4.69, 9.17) is 14.5 Å². The number of aliphatic imine (C=N–C) groups is 1. The Morgan fingerprint density at radius 3 is 2.32 bits per heavy atom. The number of ether oxygens (including phenoxy) is 2. The van der Waals surface area contributed by atoms with Gasteiger partial charge in [0.1, 0.15) is 0 Å². The number of rotatable bonds is 2.